The number of ether oxygens (including phenoxy) is 1. The van der Waals surface area contributed by atoms with E-state index in [1.807, 2.05) is 31.2 Å². The molecule has 0 spiro atoms. The highest BCUT2D eigenvalue weighted by atomic mass is 32.2. The fraction of sp³-hybridized carbons (Fsp3) is 0.190. The fourth-order valence-corrected chi connectivity index (χ4v) is 4.93. The lowest BCUT2D eigenvalue weighted by molar-refractivity contribution is 0.0955. The van der Waals surface area contributed by atoms with Gasteiger partial charge in [-0.15, -0.1) is 11.3 Å². The SMILES string of the molecule is CCOc1ccccc1CNC(=O)c1sccc1N(C)S(=O)(=O)c1ccccc1. The number of thiophene rings is 1. The van der Waals surface area contributed by atoms with Gasteiger partial charge in [0.1, 0.15) is 10.6 Å². The largest absolute Gasteiger partial charge is 0.494 e. The summed E-state index contributed by atoms with van der Waals surface area (Å²) in [6.45, 7) is 2.71. The molecule has 152 valence electrons. The van der Waals surface area contributed by atoms with E-state index < -0.39 is 10.0 Å². The van der Waals surface area contributed by atoms with Gasteiger partial charge in [0.05, 0.1) is 17.2 Å². The summed E-state index contributed by atoms with van der Waals surface area (Å²) in [6.07, 6.45) is 0. The lowest BCUT2D eigenvalue weighted by atomic mass is 10.2. The van der Waals surface area contributed by atoms with Crippen LogP contribution in [0.2, 0.25) is 0 Å². The van der Waals surface area contributed by atoms with Crippen molar-refractivity contribution in [1.82, 2.24) is 5.32 Å². The second-order valence-electron chi connectivity index (χ2n) is 6.14. The Balaban J connectivity index is 1.79. The second kappa shape index (κ2) is 9.11. The summed E-state index contributed by atoms with van der Waals surface area (Å²) in [7, 11) is -2.31. The molecule has 1 N–H and O–H groups in total. The summed E-state index contributed by atoms with van der Waals surface area (Å²) in [4.78, 5) is 13.3. The van der Waals surface area contributed by atoms with Crippen LogP contribution in [0.5, 0.6) is 5.75 Å². The molecule has 0 unspecified atom stereocenters. The minimum atomic E-state index is -3.76. The number of anilines is 1. The monoisotopic (exact) mass is 430 g/mol. The molecule has 1 amide bonds. The molecule has 0 saturated carbocycles. The van der Waals surface area contributed by atoms with Crippen LogP contribution in [0.15, 0.2) is 70.9 Å². The predicted molar refractivity (Wildman–Crippen MR) is 115 cm³/mol. The highest BCUT2D eigenvalue weighted by Crippen LogP contribution is 2.30. The zero-order chi connectivity index (χ0) is 20.9. The van der Waals surface area contributed by atoms with E-state index in [0.29, 0.717) is 22.9 Å². The molecular weight excluding hydrogens is 408 g/mol. The minimum Gasteiger partial charge on any atom is -0.494 e. The summed E-state index contributed by atoms with van der Waals surface area (Å²) in [5.41, 5.74) is 1.19. The Hall–Kier alpha value is -2.84. The number of amides is 1. The van der Waals surface area contributed by atoms with Gasteiger partial charge >= 0.3 is 0 Å². The van der Waals surface area contributed by atoms with Gasteiger partial charge in [0.25, 0.3) is 15.9 Å². The molecule has 0 atom stereocenters. The zero-order valence-electron chi connectivity index (χ0n) is 16.2. The van der Waals surface area contributed by atoms with Crippen molar-refractivity contribution in [3.05, 3.63) is 76.5 Å². The van der Waals surface area contributed by atoms with Crippen molar-refractivity contribution in [2.45, 2.75) is 18.4 Å². The highest BCUT2D eigenvalue weighted by molar-refractivity contribution is 7.92. The Morgan fingerprint density at radius 1 is 1.07 bits per heavy atom. The van der Waals surface area contributed by atoms with E-state index in [-0.39, 0.29) is 17.3 Å². The highest BCUT2D eigenvalue weighted by Gasteiger charge is 2.26. The van der Waals surface area contributed by atoms with Gasteiger partial charge in [0, 0.05) is 19.2 Å². The minimum absolute atomic E-state index is 0.172. The number of benzene rings is 2. The molecule has 2 aromatic carbocycles. The van der Waals surface area contributed by atoms with Crippen LogP contribution in [0.25, 0.3) is 0 Å². The van der Waals surface area contributed by atoms with Crippen LogP contribution in [0.3, 0.4) is 0 Å². The van der Waals surface area contributed by atoms with E-state index in [1.165, 1.54) is 30.5 Å². The molecular formula is C21H22N2O4S2. The Bertz CT molecular complexity index is 1080. The average Bonchev–Trinajstić information content (AvgIpc) is 3.23. The van der Waals surface area contributed by atoms with E-state index in [1.54, 1.807) is 29.6 Å². The van der Waals surface area contributed by atoms with Crippen molar-refractivity contribution in [2.24, 2.45) is 0 Å². The van der Waals surface area contributed by atoms with E-state index >= 15 is 0 Å². The third-order valence-corrected chi connectivity index (χ3v) is 6.99. The molecule has 1 aromatic heterocycles. The van der Waals surface area contributed by atoms with Gasteiger partial charge in [-0.1, -0.05) is 36.4 Å². The lowest BCUT2D eigenvalue weighted by Gasteiger charge is -2.20. The molecule has 0 aliphatic heterocycles. The van der Waals surface area contributed by atoms with Gasteiger partial charge in [-0.05, 0) is 36.6 Å². The number of nitrogens with zero attached hydrogens (tertiary/aromatic N) is 1. The van der Waals surface area contributed by atoms with E-state index in [0.717, 1.165) is 9.87 Å². The quantitative estimate of drug-likeness (QED) is 0.588. The van der Waals surface area contributed by atoms with E-state index in [2.05, 4.69) is 5.32 Å². The van der Waals surface area contributed by atoms with Gasteiger partial charge in [0.15, 0.2) is 0 Å². The molecule has 6 nitrogen and oxygen atoms in total. The van der Waals surface area contributed by atoms with Crippen LogP contribution in [-0.2, 0) is 16.6 Å². The van der Waals surface area contributed by atoms with E-state index in [4.69, 9.17) is 4.74 Å². The number of nitrogens with one attached hydrogen (secondary N) is 1. The number of hydrogen-bond donors (Lipinski definition) is 1. The Morgan fingerprint density at radius 3 is 2.48 bits per heavy atom. The molecule has 0 aliphatic carbocycles. The van der Waals surface area contributed by atoms with Crippen LogP contribution in [-0.4, -0.2) is 28.0 Å². The first-order valence-electron chi connectivity index (χ1n) is 9.05. The van der Waals surface area contributed by atoms with Crippen molar-refractivity contribution in [3.63, 3.8) is 0 Å². The van der Waals surface area contributed by atoms with Crippen LogP contribution in [0.1, 0.15) is 22.2 Å². The molecule has 0 radical (unpaired) electrons. The third kappa shape index (κ3) is 4.60. The molecule has 3 rings (SSSR count). The number of carbonyl (C=O) groups is 1. The van der Waals surface area contributed by atoms with Gasteiger partial charge in [-0.25, -0.2) is 8.42 Å². The Labute approximate surface area is 174 Å². The van der Waals surface area contributed by atoms with Crippen molar-refractivity contribution in [3.8, 4) is 5.75 Å². The van der Waals surface area contributed by atoms with Crippen molar-refractivity contribution in [1.29, 1.82) is 0 Å². The number of hydrogen-bond acceptors (Lipinski definition) is 5. The number of carbonyl (C=O) groups excluding carboxylic acids is 1. The summed E-state index contributed by atoms with van der Waals surface area (Å²) >= 11 is 1.20. The Morgan fingerprint density at radius 2 is 1.76 bits per heavy atom. The maximum Gasteiger partial charge on any atom is 0.264 e. The average molecular weight is 431 g/mol. The van der Waals surface area contributed by atoms with Crippen LogP contribution in [0, 0.1) is 0 Å². The first-order chi connectivity index (χ1) is 13.9. The van der Waals surface area contributed by atoms with Crippen LogP contribution in [0.4, 0.5) is 5.69 Å². The molecule has 1 heterocycles. The van der Waals surface area contributed by atoms with Crippen molar-refractivity contribution < 1.29 is 17.9 Å². The maximum atomic E-state index is 12.9. The molecule has 8 heteroatoms. The van der Waals surface area contributed by atoms with Gasteiger partial charge in [-0.3, -0.25) is 9.10 Å². The fourth-order valence-electron chi connectivity index (χ4n) is 2.80. The topological polar surface area (TPSA) is 75.7 Å². The molecule has 0 fully saturated rings. The predicted octanol–water partition coefficient (Wildman–Crippen LogP) is 3.90. The number of sulfonamides is 1. The molecule has 0 saturated heterocycles. The lowest BCUT2D eigenvalue weighted by Crippen LogP contribution is -2.29. The number of para-hydroxylation sites is 1. The molecule has 0 bridgehead atoms. The van der Waals surface area contributed by atoms with Crippen molar-refractivity contribution >= 4 is 33.0 Å². The Kier molecular flexibility index (Phi) is 6.56. The summed E-state index contributed by atoms with van der Waals surface area (Å²) in [5.74, 6) is 0.377. The summed E-state index contributed by atoms with van der Waals surface area (Å²) in [6, 6.07) is 17.3. The molecule has 3 aromatic rings. The van der Waals surface area contributed by atoms with Crippen molar-refractivity contribution in [2.75, 3.05) is 18.0 Å². The first-order valence-corrected chi connectivity index (χ1v) is 11.4. The zero-order valence-corrected chi connectivity index (χ0v) is 17.8. The molecule has 29 heavy (non-hydrogen) atoms. The molecule has 0 aliphatic rings. The second-order valence-corrected chi connectivity index (χ2v) is 9.03. The third-order valence-electron chi connectivity index (χ3n) is 4.30. The van der Waals surface area contributed by atoms with Gasteiger partial charge in [0.2, 0.25) is 0 Å². The van der Waals surface area contributed by atoms with Crippen LogP contribution >= 0.6 is 11.3 Å². The normalized spacial score (nSPS) is 11.1. The standard InChI is InChI=1S/C21H22N2O4S2/c1-3-27-19-12-8-7-9-16(19)15-22-21(24)20-18(13-14-28-20)23(2)29(25,26)17-10-5-4-6-11-17/h4-14H,3,15H2,1-2H3,(H,22,24). The summed E-state index contributed by atoms with van der Waals surface area (Å²) in [5, 5.41) is 4.56. The van der Waals surface area contributed by atoms with Gasteiger partial charge in [-0.2, -0.15) is 0 Å². The maximum absolute atomic E-state index is 12.9. The smallest absolute Gasteiger partial charge is 0.264 e. The summed E-state index contributed by atoms with van der Waals surface area (Å²) < 4.78 is 32.5. The van der Waals surface area contributed by atoms with Crippen LogP contribution < -0.4 is 14.4 Å². The van der Waals surface area contributed by atoms with E-state index in [9.17, 15) is 13.2 Å². The van der Waals surface area contributed by atoms with Gasteiger partial charge < -0.3 is 10.1 Å². The first kappa shape index (κ1) is 20.9. The number of rotatable bonds is 8.